The Morgan fingerprint density at radius 1 is 1.30 bits per heavy atom. The number of anilines is 2. The molecule has 0 spiro atoms. The second-order valence-electron chi connectivity index (χ2n) is 8.28. The van der Waals surface area contributed by atoms with Gasteiger partial charge in [0.2, 0.25) is 0 Å². The topological polar surface area (TPSA) is 117 Å². The Hall–Kier alpha value is -3.68. The zero-order chi connectivity index (χ0) is 27.9. The van der Waals surface area contributed by atoms with E-state index in [4.69, 9.17) is 5.73 Å². The highest BCUT2D eigenvalue weighted by Crippen LogP contribution is 2.36. The standard InChI is InChI=1S/C12H16F3N3O.C11H10F3N3O/c1-11(19)3-4-18(7-11)8-5-9(16-2)10(17-6-8)12(13,14)15;12-11(13,14)7-16-5-8(4-15)10-3-1-2-9(6-18)17-10/h5-6,16,19H,3-4,7H2,1-2H3;1-6H,7,15H2/b;8-4+,16-5?. The lowest BCUT2D eigenvalue weighted by Crippen LogP contribution is -2.29. The molecule has 0 aliphatic carbocycles. The molecule has 14 heteroatoms. The van der Waals surface area contributed by atoms with E-state index in [9.17, 15) is 36.2 Å². The largest absolute Gasteiger partial charge is 0.435 e. The number of halogens is 6. The Bertz CT molecular complexity index is 1130. The van der Waals surface area contributed by atoms with Crippen molar-refractivity contribution in [3.8, 4) is 0 Å². The van der Waals surface area contributed by atoms with Crippen LogP contribution in [0.3, 0.4) is 0 Å². The van der Waals surface area contributed by atoms with Gasteiger partial charge in [-0.1, -0.05) is 6.07 Å². The summed E-state index contributed by atoms with van der Waals surface area (Å²) < 4.78 is 73.8. The van der Waals surface area contributed by atoms with Crippen molar-refractivity contribution in [2.45, 2.75) is 31.3 Å². The summed E-state index contributed by atoms with van der Waals surface area (Å²) >= 11 is 0. The van der Waals surface area contributed by atoms with Gasteiger partial charge in [-0.3, -0.25) is 9.79 Å². The Balaban J connectivity index is 0.000000261. The molecule has 0 bridgehead atoms. The number of nitrogens with one attached hydrogen (secondary N) is 1. The third-order valence-electron chi connectivity index (χ3n) is 5.10. The highest BCUT2D eigenvalue weighted by Gasteiger charge is 2.37. The lowest BCUT2D eigenvalue weighted by atomic mass is 10.1. The Morgan fingerprint density at radius 3 is 2.51 bits per heavy atom. The van der Waals surface area contributed by atoms with Gasteiger partial charge in [-0.15, -0.1) is 0 Å². The molecule has 1 fully saturated rings. The number of carbonyl (C=O) groups excluding carboxylic acids is 1. The number of nitrogens with two attached hydrogens (primary N) is 1. The summed E-state index contributed by atoms with van der Waals surface area (Å²) in [5.41, 5.74) is 4.73. The molecular weight excluding hydrogens is 506 g/mol. The molecule has 0 amide bonds. The highest BCUT2D eigenvalue weighted by molar-refractivity contribution is 6.08. The van der Waals surface area contributed by atoms with E-state index in [1.165, 1.54) is 31.4 Å². The van der Waals surface area contributed by atoms with Gasteiger partial charge in [0, 0.05) is 38.1 Å². The molecular formula is C23H26F6N6O2. The number of alkyl halides is 6. The molecule has 2 aromatic heterocycles. The lowest BCUT2D eigenvalue weighted by Gasteiger charge is -2.22. The zero-order valence-corrected chi connectivity index (χ0v) is 19.9. The number of nitrogens with zero attached hydrogens (tertiary/aromatic N) is 4. The molecule has 37 heavy (non-hydrogen) atoms. The van der Waals surface area contributed by atoms with Crippen molar-refractivity contribution in [3.63, 3.8) is 0 Å². The Kier molecular flexibility index (Phi) is 9.61. The molecule has 3 heterocycles. The maximum absolute atomic E-state index is 12.7. The monoisotopic (exact) mass is 532 g/mol. The highest BCUT2D eigenvalue weighted by atomic mass is 19.4. The van der Waals surface area contributed by atoms with Gasteiger partial charge in [-0.05, 0) is 31.5 Å². The molecule has 202 valence electrons. The molecule has 4 N–H and O–H groups in total. The first kappa shape index (κ1) is 29.5. The number of aliphatic imine (C=N–C) groups is 1. The van der Waals surface area contributed by atoms with E-state index in [-0.39, 0.29) is 22.6 Å². The van der Waals surface area contributed by atoms with E-state index >= 15 is 0 Å². The molecule has 0 radical (unpaired) electrons. The number of pyridine rings is 2. The normalized spacial score (nSPS) is 18.5. The van der Waals surface area contributed by atoms with Crippen molar-refractivity contribution in [2.75, 3.05) is 36.9 Å². The van der Waals surface area contributed by atoms with Crippen molar-refractivity contribution in [1.29, 1.82) is 0 Å². The number of hydrogen-bond acceptors (Lipinski definition) is 8. The Morgan fingerprint density at radius 2 is 2.00 bits per heavy atom. The summed E-state index contributed by atoms with van der Waals surface area (Å²) in [5.74, 6) is 0. The summed E-state index contributed by atoms with van der Waals surface area (Å²) in [6.45, 7) is 1.41. The molecule has 2 aromatic rings. The van der Waals surface area contributed by atoms with E-state index < -0.39 is 30.2 Å². The molecule has 1 aliphatic rings. The SMILES string of the molecule is CNc1cc(N2CCC(C)(O)C2)cnc1C(F)(F)F.N/C=C(\C=NCC(F)(F)F)c1cccc(C=O)n1. The third-order valence-corrected chi connectivity index (χ3v) is 5.10. The van der Waals surface area contributed by atoms with Crippen LogP contribution in [0.5, 0.6) is 0 Å². The van der Waals surface area contributed by atoms with Gasteiger partial charge in [-0.2, -0.15) is 26.3 Å². The molecule has 1 saturated heterocycles. The van der Waals surface area contributed by atoms with Crippen LogP contribution in [0.1, 0.15) is 35.2 Å². The van der Waals surface area contributed by atoms with E-state index in [1.807, 2.05) is 4.90 Å². The van der Waals surface area contributed by atoms with Crippen LogP contribution in [-0.4, -0.2) is 66.0 Å². The quantitative estimate of drug-likeness (QED) is 0.293. The van der Waals surface area contributed by atoms with E-state index in [0.717, 1.165) is 12.4 Å². The number of aliphatic hydroxyl groups is 1. The number of aromatic nitrogens is 2. The van der Waals surface area contributed by atoms with Crippen LogP contribution in [0, 0.1) is 0 Å². The second-order valence-corrected chi connectivity index (χ2v) is 8.28. The van der Waals surface area contributed by atoms with Crippen LogP contribution in [-0.2, 0) is 6.18 Å². The fraction of sp³-hybridized carbons (Fsp3) is 0.391. The summed E-state index contributed by atoms with van der Waals surface area (Å²) in [4.78, 5) is 23.0. The predicted molar refractivity (Wildman–Crippen MR) is 127 cm³/mol. The number of β-amino-alcohol motifs (C(OH)–C–C–N with tert-alkyl or cyclic N) is 1. The minimum atomic E-state index is -4.48. The smallest absolute Gasteiger partial charge is 0.404 e. The lowest BCUT2D eigenvalue weighted by molar-refractivity contribution is -0.140. The molecule has 0 aromatic carbocycles. The molecule has 3 rings (SSSR count). The van der Waals surface area contributed by atoms with Crippen LogP contribution in [0.15, 0.2) is 41.7 Å². The van der Waals surface area contributed by atoms with E-state index in [1.54, 1.807) is 13.0 Å². The number of rotatable bonds is 6. The Labute approximate surface area is 208 Å². The van der Waals surface area contributed by atoms with Gasteiger partial charge < -0.3 is 21.1 Å². The number of carbonyl (C=O) groups is 1. The molecule has 1 aliphatic heterocycles. The minimum absolute atomic E-state index is 0.0588. The zero-order valence-electron chi connectivity index (χ0n) is 19.9. The van der Waals surface area contributed by atoms with Crippen molar-refractivity contribution in [2.24, 2.45) is 10.7 Å². The van der Waals surface area contributed by atoms with Gasteiger partial charge in [0.15, 0.2) is 12.0 Å². The van der Waals surface area contributed by atoms with Gasteiger partial charge in [0.25, 0.3) is 0 Å². The van der Waals surface area contributed by atoms with Crippen LogP contribution >= 0.6 is 0 Å². The fourth-order valence-electron chi connectivity index (χ4n) is 3.33. The van der Waals surface area contributed by atoms with Crippen molar-refractivity contribution in [3.05, 3.63) is 53.7 Å². The molecule has 0 saturated carbocycles. The minimum Gasteiger partial charge on any atom is -0.404 e. The van der Waals surface area contributed by atoms with E-state index in [0.29, 0.717) is 31.5 Å². The maximum Gasteiger partial charge on any atom is 0.435 e. The first-order valence-electron chi connectivity index (χ1n) is 10.8. The first-order valence-corrected chi connectivity index (χ1v) is 10.8. The molecule has 1 atom stereocenters. The van der Waals surface area contributed by atoms with Crippen LogP contribution < -0.4 is 16.0 Å². The van der Waals surface area contributed by atoms with Gasteiger partial charge in [0.1, 0.15) is 12.2 Å². The second kappa shape index (κ2) is 12.0. The summed E-state index contributed by atoms with van der Waals surface area (Å²) in [7, 11) is 1.43. The number of aldehydes is 1. The van der Waals surface area contributed by atoms with Gasteiger partial charge in [-0.25, -0.2) is 9.97 Å². The number of allylic oxidation sites excluding steroid dienone is 1. The molecule has 8 nitrogen and oxygen atoms in total. The van der Waals surface area contributed by atoms with Crippen molar-refractivity contribution >= 4 is 29.4 Å². The predicted octanol–water partition coefficient (Wildman–Crippen LogP) is 3.93. The van der Waals surface area contributed by atoms with E-state index in [2.05, 4.69) is 20.3 Å². The third kappa shape index (κ3) is 9.04. The average molecular weight is 532 g/mol. The summed E-state index contributed by atoms with van der Waals surface area (Å²) in [6, 6.07) is 5.95. The van der Waals surface area contributed by atoms with Gasteiger partial charge >= 0.3 is 12.4 Å². The van der Waals surface area contributed by atoms with Crippen molar-refractivity contribution < 1.29 is 36.2 Å². The summed E-state index contributed by atoms with van der Waals surface area (Å²) in [6.07, 6.45) is -4.47. The van der Waals surface area contributed by atoms with Gasteiger partial charge in [0.05, 0.1) is 28.9 Å². The average Bonchev–Trinajstić information content (AvgIpc) is 3.20. The number of hydrogen-bond donors (Lipinski definition) is 3. The first-order chi connectivity index (χ1) is 17.2. The van der Waals surface area contributed by atoms with Crippen LogP contribution in [0.2, 0.25) is 0 Å². The van der Waals surface area contributed by atoms with Crippen molar-refractivity contribution in [1.82, 2.24) is 9.97 Å². The van der Waals surface area contributed by atoms with Crippen LogP contribution in [0.25, 0.3) is 5.57 Å². The summed E-state index contributed by atoms with van der Waals surface area (Å²) in [5, 5.41) is 12.4. The fourth-order valence-corrected chi connectivity index (χ4v) is 3.33. The van der Waals surface area contributed by atoms with Crippen LogP contribution in [0.4, 0.5) is 37.7 Å². The maximum atomic E-state index is 12.7. The molecule has 1 unspecified atom stereocenters.